The summed E-state index contributed by atoms with van der Waals surface area (Å²) in [6.07, 6.45) is 7.91. The lowest BCUT2D eigenvalue weighted by Crippen LogP contribution is -2.41. The molecule has 1 saturated heterocycles. The summed E-state index contributed by atoms with van der Waals surface area (Å²) in [6, 6.07) is 5.95. The van der Waals surface area contributed by atoms with Crippen molar-refractivity contribution in [3.05, 3.63) is 42.4 Å². The molecule has 0 aromatic carbocycles. The summed E-state index contributed by atoms with van der Waals surface area (Å²) in [5.74, 6) is 1.83. The molecule has 25 heavy (non-hydrogen) atoms. The first-order valence-corrected chi connectivity index (χ1v) is 9.12. The van der Waals surface area contributed by atoms with E-state index in [9.17, 15) is 0 Å². The zero-order chi connectivity index (χ0) is 17.7. The van der Waals surface area contributed by atoms with Gasteiger partial charge in [0.05, 0.1) is 6.54 Å². The van der Waals surface area contributed by atoms with Gasteiger partial charge in [0.2, 0.25) is 0 Å². The molecule has 1 N–H and O–H groups in total. The predicted molar refractivity (Wildman–Crippen MR) is 101 cm³/mol. The van der Waals surface area contributed by atoms with Gasteiger partial charge in [-0.2, -0.15) is 5.10 Å². The molecule has 2 aromatic rings. The van der Waals surface area contributed by atoms with E-state index in [0.717, 1.165) is 37.0 Å². The molecule has 2 aromatic heterocycles. The maximum atomic E-state index is 4.86. The third-order valence-corrected chi connectivity index (χ3v) is 5.01. The molecule has 0 bridgehead atoms. The van der Waals surface area contributed by atoms with Gasteiger partial charge in [-0.1, -0.05) is 13.8 Å². The monoisotopic (exact) mass is 340 g/mol. The van der Waals surface area contributed by atoms with E-state index in [1.54, 1.807) is 10.9 Å². The molecule has 1 fully saturated rings. The van der Waals surface area contributed by atoms with Crippen molar-refractivity contribution in [1.82, 2.24) is 25.0 Å². The van der Waals surface area contributed by atoms with Gasteiger partial charge in [0.1, 0.15) is 0 Å². The van der Waals surface area contributed by atoms with Gasteiger partial charge in [0.15, 0.2) is 11.8 Å². The van der Waals surface area contributed by atoms with Gasteiger partial charge in [0.25, 0.3) is 0 Å². The standard InChI is InChI=1S/C19H28N6/c1-4-19(3)8-12-24(15-19)18(20-5-2)22-14-16-7-10-21-17(13-16)25-11-6-9-23-25/h6-7,9-11,13H,4-5,8,12,14-15H2,1-3H3,(H,20,22). The van der Waals surface area contributed by atoms with Crippen LogP contribution in [0, 0.1) is 5.41 Å². The zero-order valence-electron chi connectivity index (χ0n) is 15.4. The first-order chi connectivity index (χ1) is 12.1. The lowest BCUT2D eigenvalue weighted by molar-refractivity contribution is 0.322. The normalized spacial score (nSPS) is 20.9. The second-order valence-corrected chi connectivity index (χ2v) is 6.98. The van der Waals surface area contributed by atoms with Crippen molar-refractivity contribution in [2.75, 3.05) is 19.6 Å². The fraction of sp³-hybridized carbons (Fsp3) is 0.526. The third kappa shape index (κ3) is 4.18. The number of aliphatic imine (C=N–C) groups is 1. The van der Waals surface area contributed by atoms with E-state index >= 15 is 0 Å². The van der Waals surface area contributed by atoms with E-state index in [1.807, 2.05) is 30.6 Å². The Morgan fingerprint density at radius 3 is 2.92 bits per heavy atom. The van der Waals surface area contributed by atoms with Gasteiger partial charge in [-0.3, -0.25) is 0 Å². The molecule has 3 rings (SSSR count). The quantitative estimate of drug-likeness (QED) is 0.672. The summed E-state index contributed by atoms with van der Waals surface area (Å²) in [5, 5.41) is 7.68. The van der Waals surface area contributed by atoms with Crippen molar-refractivity contribution in [3.8, 4) is 5.82 Å². The molecule has 1 aliphatic heterocycles. The number of aromatic nitrogens is 3. The average molecular weight is 340 g/mol. The van der Waals surface area contributed by atoms with Gasteiger partial charge < -0.3 is 10.2 Å². The molecule has 1 unspecified atom stereocenters. The maximum Gasteiger partial charge on any atom is 0.194 e. The van der Waals surface area contributed by atoms with Crippen molar-refractivity contribution in [2.45, 2.75) is 40.2 Å². The Labute approximate surface area is 150 Å². The number of nitrogens with one attached hydrogen (secondary N) is 1. The summed E-state index contributed by atoms with van der Waals surface area (Å²) < 4.78 is 1.77. The number of hydrogen-bond acceptors (Lipinski definition) is 3. The van der Waals surface area contributed by atoms with Crippen LogP contribution in [-0.4, -0.2) is 45.3 Å². The predicted octanol–water partition coefficient (Wildman–Crippen LogP) is 2.85. The van der Waals surface area contributed by atoms with Gasteiger partial charge in [0, 0.05) is 38.2 Å². The first-order valence-electron chi connectivity index (χ1n) is 9.12. The molecule has 6 nitrogen and oxygen atoms in total. The summed E-state index contributed by atoms with van der Waals surface area (Å²) in [5.41, 5.74) is 1.54. The minimum atomic E-state index is 0.403. The average Bonchev–Trinajstić information content (AvgIpc) is 3.29. The molecule has 3 heterocycles. The van der Waals surface area contributed by atoms with E-state index < -0.39 is 0 Å². The number of likely N-dealkylation sites (tertiary alicyclic amines) is 1. The fourth-order valence-corrected chi connectivity index (χ4v) is 3.17. The van der Waals surface area contributed by atoms with Crippen LogP contribution >= 0.6 is 0 Å². The van der Waals surface area contributed by atoms with Crippen molar-refractivity contribution < 1.29 is 0 Å². The molecule has 0 amide bonds. The highest BCUT2D eigenvalue weighted by atomic mass is 15.3. The molecule has 0 radical (unpaired) electrons. The van der Waals surface area contributed by atoms with Crippen molar-refractivity contribution in [2.24, 2.45) is 10.4 Å². The minimum Gasteiger partial charge on any atom is -0.357 e. The minimum absolute atomic E-state index is 0.403. The molecule has 0 spiro atoms. The van der Waals surface area contributed by atoms with E-state index in [1.165, 1.54) is 12.8 Å². The maximum absolute atomic E-state index is 4.86. The Bertz CT molecular complexity index is 708. The second kappa shape index (κ2) is 7.68. The Morgan fingerprint density at radius 2 is 2.24 bits per heavy atom. The van der Waals surface area contributed by atoms with E-state index in [4.69, 9.17) is 4.99 Å². The summed E-state index contributed by atoms with van der Waals surface area (Å²) in [7, 11) is 0. The van der Waals surface area contributed by atoms with Crippen molar-refractivity contribution >= 4 is 5.96 Å². The highest BCUT2D eigenvalue weighted by Gasteiger charge is 2.33. The lowest BCUT2D eigenvalue weighted by Gasteiger charge is -2.25. The van der Waals surface area contributed by atoms with Gasteiger partial charge in [-0.15, -0.1) is 0 Å². The van der Waals surface area contributed by atoms with E-state index in [0.29, 0.717) is 12.0 Å². The summed E-state index contributed by atoms with van der Waals surface area (Å²) in [6.45, 7) is 10.4. The lowest BCUT2D eigenvalue weighted by atomic mass is 9.87. The number of guanidine groups is 1. The van der Waals surface area contributed by atoms with Crippen LogP contribution < -0.4 is 5.32 Å². The van der Waals surface area contributed by atoms with Crippen LogP contribution in [0.1, 0.15) is 39.2 Å². The number of nitrogens with zero attached hydrogens (tertiary/aromatic N) is 5. The second-order valence-electron chi connectivity index (χ2n) is 6.98. The van der Waals surface area contributed by atoms with Crippen LogP contribution in [0.4, 0.5) is 0 Å². The number of hydrogen-bond donors (Lipinski definition) is 1. The smallest absolute Gasteiger partial charge is 0.194 e. The molecule has 1 aliphatic rings. The molecular weight excluding hydrogens is 312 g/mol. The molecule has 1 atom stereocenters. The van der Waals surface area contributed by atoms with Crippen LogP contribution in [0.2, 0.25) is 0 Å². The zero-order valence-corrected chi connectivity index (χ0v) is 15.4. The van der Waals surface area contributed by atoms with Gasteiger partial charge in [-0.05, 0) is 48.9 Å². The highest BCUT2D eigenvalue weighted by Crippen LogP contribution is 2.32. The summed E-state index contributed by atoms with van der Waals surface area (Å²) in [4.78, 5) is 11.6. The molecule has 134 valence electrons. The number of rotatable bonds is 5. The number of pyridine rings is 1. The topological polar surface area (TPSA) is 58.3 Å². The van der Waals surface area contributed by atoms with Crippen molar-refractivity contribution in [1.29, 1.82) is 0 Å². The van der Waals surface area contributed by atoms with E-state index in [-0.39, 0.29) is 0 Å². The van der Waals surface area contributed by atoms with Crippen molar-refractivity contribution in [3.63, 3.8) is 0 Å². The van der Waals surface area contributed by atoms with Crippen LogP contribution in [0.15, 0.2) is 41.8 Å². The first kappa shape index (κ1) is 17.5. The van der Waals surface area contributed by atoms with Crippen LogP contribution in [-0.2, 0) is 6.54 Å². The fourth-order valence-electron chi connectivity index (χ4n) is 3.17. The molecule has 6 heteroatoms. The Morgan fingerprint density at radius 1 is 1.36 bits per heavy atom. The molecule has 0 saturated carbocycles. The van der Waals surface area contributed by atoms with Crippen LogP contribution in [0.3, 0.4) is 0 Å². The molecular formula is C19H28N6. The van der Waals surface area contributed by atoms with Crippen LogP contribution in [0.5, 0.6) is 0 Å². The molecule has 0 aliphatic carbocycles. The Kier molecular flexibility index (Phi) is 5.36. The van der Waals surface area contributed by atoms with Gasteiger partial charge >= 0.3 is 0 Å². The largest absolute Gasteiger partial charge is 0.357 e. The SMILES string of the molecule is CCNC(=NCc1ccnc(-n2cccn2)c1)N1CCC(C)(CC)C1. The summed E-state index contributed by atoms with van der Waals surface area (Å²) >= 11 is 0. The van der Waals surface area contributed by atoms with E-state index in [2.05, 4.69) is 41.1 Å². The Balaban J connectivity index is 1.73. The Hall–Kier alpha value is -2.37. The highest BCUT2D eigenvalue weighted by molar-refractivity contribution is 5.80. The third-order valence-electron chi connectivity index (χ3n) is 5.01. The van der Waals surface area contributed by atoms with Gasteiger partial charge in [-0.25, -0.2) is 14.7 Å². The van der Waals surface area contributed by atoms with Crippen LogP contribution in [0.25, 0.3) is 5.82 Å².